The van der Waals surface area contributed by atoms with E-state index in [9.17, 15) is 4.79 Å². The topological polar surface area (TPSA) is 115 Å². The van der Waals surface area contributed by atoms with Crippen LogP contribution in [0, 0.1) is 5.82 Å². The lowest BCUT2D eigenvalue weighted by Gasteiger charge is -2.27. The predicted molar refractivity (Wildman–Crippen MR) is 137 cm³/mol. The van der Waals surface area contributed by atoms with E-state index in [1.807, 2.05) is 6.07 Å². The van der Waals surface area contributed by atoms with E-state index in [1.165, 1.54) is 12.5 Å². The smallest absolute Gasteiger partial charge is 0.224 e. The van der Waals surface area contributed by atoms with Gasteiger partial charge in [-0.25, -0.2) is 14.4 Å². The Morgan fingerprint density at radius 2 is 2.00 bits per heavy atom. The van der Waals surface area contributed by atoms with Gasteiger partial charge >= 0.3 is 0 Å². The maximum absolute atomic E-state index is 15.1. The van der Waals surface area contributed by atoms with Crippen LogP contribution < -0.4 is 10.2 Å². The number of H-pyrrole nitrogens is 2. The molecule has 1 aromatic carbocycles. The molecular formula is C26H25FN8O. The summed E-state index contributed by atoms with van der Waals surface area (Å²) in [5.74, 6) is 0.908. The van der Waals surface area contributed by atoms with Crippen LogP contribution in [0.15, 0.2) is 42.9 Å². The van der Waals surface area contributed by atoms with E-state index in [0.717, 1.165) is 48.2 Å². The van der Waals surface area contributed by atoms with Crippen molar-refractivity contribution in [2.45, 2.75) is 32.6 Å². The third-order valence-electron chi connectivity index (χ3n) is 6.57. The second-order valence-electron chi connectivity index (χ2n) is 8.98. The van der Waals surface area contributed by atoms with Gasteiger partial charge in [0.05, 0.1) is 22.9 Å². The molecule has 0 atom stereocenters. The fraction of sp³-hybridized carbons (Fsp3) is 0.269. The van der Waals surface area contributed by atoms with E-state index in [1.54, 1.807) is 37.6 Å². The van der Waals surface area contributed by atoms with Gasteiger partial charge in [-0.3, -0.25) is 14.9 Å². The Morgan fingerprint density at radius 3 is 2.83 bits per heavy atom. The number of benzene rings is 1. The van der Waals surface area contributed by atoms with Crippen LogP contribution in [0.5, 0.6) is 0 Å². The summed E-state index contributed by atoms with van der Waals surface area (Å²) in [5.41, 5.74) is 4.26. The van der Waals surface area contributed by atoms with Crippen molar-refractivity contribution in [3.63, 3.8) is 0 Å². The summed E-state index contributed by atoms with van der Waals surface area (Å²) in [6, 6.07) is 6.77. The lowest BCUT2D eigenvalue weighted by molar-refractivity contribution is -0.115. The van der Waals surface area contributed by atoms with E-state index in [2.05, 4.69) is 35.4 Å². The first-order valence-corrected chi connectivity index (χ1v) is 12.1. The van der Waals surface area contributed by atoms with Crippen LogP contribution in [0.4, 0.5) is 15.9 Å². The number of fused-ring (bicyclic) bond motifs is 2. The maximum atomic E-state index is 15.1. The van der Waals surface area contributed by atoms with Crippen LogP contribution in [-0.2, 0) is 4.79 Å². The third kappa shape index (κ3) is 3.94. The second kappa shape index (κ2) is 9.03. The number of anilines is 2. The van der Waals surface area contributed by atoms with Crippen LogP contribution in [0.2, 0.25) is 0 Å². The number of nitrogens with zero attached hydrogens (tertiary/aromatic N) is 5. The highest BCUT2D eigenvalue weighted by molar-refractivity contribution is 5.97. The summed E-state index contributed by atoms with van der Waals surface area (Å²) in [5, 5.41) is 10.9. The van der Waals surface area contributed by atoms with Crippen LogP contribution in [-0.4, -0.2) is 49.1 Å². The minimum absolute atomic E-state index is 0.134. The van der Waals surface area contributed by atoms with Crippen molar-refractivity contribution in [2.24, 2.45) is 0 Å². The Morgan fingerprint density at radius 1 is 1.14 bits per heavy atom. The standard InChI is InChI=1S/C26H25FN8O/c1-2-22(36)30-16-10-15(13-28-14-16)17-11-18-21(12-19(17)27)33-34-23(18)25-31-20-6-7-29-26(24(20)32-25)35-8-4-3-5-9-35/h6-7,10-14H,2-5,8-9H2,1H3,(H,30,36)(H,31,32)(H,33,34). The number of imidazole rings is 1. The molecule has 1 fully saturated rings. The number of piperidine rings is 1. The van der Waals surface area contributed by atoms with Crippen LogP contribution in [0.25, 0.3) is 44.6 Å². The van der Waals surface area contributed by atoms with Crippen molar-refractivity contribution >= 4 is 39.3 Å². The average molecular weight is 485 g/mol. The van der Waals surface area contributed by atoms with Crippen molar-refractivity contribution in [1.82, 2.24) is 30.1 Å². The zero-order chi connectivity index (χ0) is 24.6. The molecule has 0 saturated carbocycles. The number of pyridine rings is 2. The first-order chi connectivity index (χ1) is 17.6. The van der Waals surface area contributed by atoms with Gasteiger partial charge in [-0.2, -0.15) is 5.10 Å². The highest BCUT2D eigenvalue weighted by atomic mass is 19.1. The summed E-state index contributed by atoms with van der Waals surface area (Å²) >= 11 is 0. The number of halogens is 1. The lowest BCUT2D eigenvalue weighted by atomic mass is 10.0. The molecular weight excluding hydrogens is 459 g/mol. The SMILES string of the molecule is CCC(=O)Nc1cncc(-c2cc3c(-c4nc5c(N6CCCCC6)nccc5[nH]4)n[nH]c3cc2F)c1. The van der Waals surface area contributed by atoms with Crippen LogP contribution in [0.1, 0.15) is 32.6 Å². The Kier molecular flexibility index (Phi) is 5.55. The van der Waals surface area contributed by atoms with E-state index in [4.69, 9.17) is 4.98 Å². The average Bonchev–Trinajstić information content (AvgIpc) is 3.52. The molecule has 5 heterocycles. The van der Waals surface area contributed by atoms with Gasteiger partial charge < -0.3 is 15.2 Å². The quantitative estimate of drug-likeness (QED) is 0.322. The fourth-order valence-corrected chi connectivity index (χ4v) is 4.72. The van der Waals surface area contributed by atoms with Crippen molar-refractivity contribution in [1.29, 1.82) is 0 Å². The normalized spacial score (nSPS) is 14.0. The summed E-state index contributed by atoms with van der Waals surface area (Å²) in [7, 11) is 0. The molecule has 0 spiro atoms. The molecule has 182 valence electrons. The van der Waals surface area contributed by atoms with Crippen LogP contribution >= 0.6 is 0 Å². The summed E-state index contributed by atoms with van der Waals surface area (Å²) in [6.07, 6.45) is 8.77. The number of aromatic nitrogens is 6. The molecule has 0 radical (unpaired) electrons. The molecule has 0 unspecified atom stereocenters. The first-order valence-electron chi connectivity index (χ1n) is 12.1. The molecule has 0 aliphatic carbocycles. The van der Waals surface area contributed by atoms with Crippen molar-refractivity contribution in [3.05, 3.63) is 48.7 Å². The largest absolute Gasteiger partial charge is 0.355 e. The number of hydrogen-bond donors (Lipinski definition) is 3. The number of hydrogen-bond acceptors (Lipinski definition) is 6. The summed E-state index contributed by atoms with van der Waals surface area (Å²) in [6.45, 7) is 3.70. The molecule has 1 aliphatic rings. The van der Waals surface area contributed by atoms with Gasteiger partial charge in [0.25, 0.3) is 0 Å². The first kappa shape index (κ1) is 22.1. The van der Waals surface area contributed by atoms with E-state index in [0.29, 0.717) is 40.3 Å². The molecule has 4 aromatic heterocycles. The number of amides is 1. The minimum atomic E-state index is -0.417. The number of rotatable bonds is 5. The Bertz CT molecular complexity index is 1580. The van der Waals surface area contributed by atoms with Gasteiger partial charge in [0.2, 0.25) is 5.91 Å². The second-order valence-corrected chi connectivity index (χ2v) is 8.98. The van der Waals surface area contributed by atoms with E-state index >= 15 is 4.39 Å². The highest BCUT2D eigenvalue weighted by Gasteiger charge is 2.20. The van der Waals surface area contributed by atoms with Gasteiger partial charge in [0, 0.05) is 54.5 Å². The number of carbonyl (C=O) groups excluding carboxylic acids is 1. The lowest BCUT2D eigenvalue weighted by Crippen LogP contribution is -2.30. The van der Waals surface area contributed by atoms with E-state index in [-0.39, 0.29) is 5.91 Å². The molecule has 1 saturated heterocycles. The zero-order valence-electron chi connectivity index (χ0n) is 19.8. The van der Waals surface area contributed by atoms with Gasteiger partial charge in [-0.15, -0.1) is 0 Å². The fourth-order valence-electron chi connectivity index (χ4n) is 4.72. The maximum Gasteiger partial charge on any atom is 0.224 e. The Labute approximate surface area is 206 Å². The highest BCUT2D eigenvalue weighted by Crippen LogP contribution is 2.34. The molecule has 6 rings (SSSR count). The molecule has 0 bridgehead atoms. The van der Waals surface area contributed by atoms with E-state index < -0.39 is 5.82 Å². The van der Waals surface area contributed by atoms with Crippen molar-refractivity contribution < 1.29 is 9.18 Å². The summed E-state index contributed by atoms with van der Waals surface area (Å²) < 4.78 is 15.1. The molecule has 9 nitrogen and oxygen atoms in total. The number of aromatic amines is 2. The zero-order valence-corrected chi connectivity index (χ0v) is 19.8. The van der Waals surface area contributed by atoms with Gasteiger partial charge in [0.15, 0.2) is 11.6 Å². The number of nitrogens with one attached hydrogen (secondary N) is 3. The molecule has 36 heavy (non-hydrogen) atoms. The van der Waals surface area contributed by atoms with Crippen LogP contribution in [0.3, 0.4) is 0 Å². The molecule has 1 amide bonds. The van der Waals surface area contributed by atoms with Crippen molar-refractivity contribution in [3.8, 4) is 22.6 Å². The predicted octanol–water partition coefficient (Wildman–Crippen LogP) is 5.04. The van der Waals surface area contributed by atoms with Gasteiger partial charge in [-0.05, 0) is 37.5 Å². The number of carbonyl (C=O) groups is 1. The third-order valence-corrected chi connectivity index (χ3v) is 6.57. The van der Waals surface area contributed by atoms with Crippen molar-refractivity contribution in [2.75, 3.05) is 23.3 Å². The Hall–Kier alpha value is -4.34. The molecule has 3 N–H and O–H groups in total. The molecule has 10 heteroatoms. The Balaban J connectivity index is 1.42. The molecule has 1 aliphatic heterocycles. The minimum Gasteiger partial charge on any atom is -0.355 e. The summed E-state index contributed by atoms with van der Waals surface area (Å²) in [4.78, 5) is 31.1. The monoisotopic (exact) mass is 484 g/mol. The van der Waals surface area contributed by atoms with Gasteiger partial charge in [0.1, 0.15) is 17.0 Å². The molecule has 5 aromatic rings. The van der Waals surface area contributed by atoms with Gasteiger partial charge in [-0.1, -0.05) is 6.92 Å².